The first-order chi connectivity index (χ1) is 6.68. The van der Waals surface area contributed by atoms with Crippen molar-refractivity contribution in [3.63, 3.8) is 0 Å². The lowest BCUT2D eigenvalue weighted by Gasteiger charge is -2.10. The zero-order valence-corrected chi connectivity index (χ0v) is 8.72. The average Bonchev–Trinajstić information content (AvgIpc) is 2.84. The number of rotatable bonds is 4. The molecule has 0 saturated heterocycles. The smallest absolute Gasteiger partial charge is 0.0282 e. The molecule has 1 fully saturated rings. The van der Waals surface area contributed by atoms with Crippen LogP contribution in [0.2, 0.25) is 0 Å². The van der Waals surface area contributed by atoms with E-state index in [1.165, 1.54) is 24.0 Å². The second kappa shape index (κ2) is 3.71. The van der Waals surface area contributed by atoms with Gasteiger partial charge in [-0.1, -0.05) is 29.8 Å². The summed E-state index contributed by atoms with van der Waals surface area (Å²) in [5.74, 6) is 0. The van der Waals surface area contributed by atoms with E-state index in [-0.39, 0.29) is 5.54 Å². The van der Waals surface area contributed by atoms with Crippen LogP contribution in [0.15, 0.2) is 24.3 Å². The maximum atomic E-state index is 5.98. The van der Waals surface area contributed by atoms with Gasteiger partial charge in [-0.15, -0.1) is 0 Å². The number of benzene rings is 1. The van der Waals surface area contributed by atoms with Crippen molar-refractivity contribution in [2.75, 3.05) is 6.54 Å². The van der Waals surface area contributed by atoms with Gasteiger partial charge in [0.2, 0.25) is 0 Å². The minimum atomic E-state index is 0.115. The average molecular weight is 190 g/mol. The third kappa shape index (κ3) is 2.56. The predicted molar refractivity (Wildman–Crippen MR) is 59.0 cm³/mol. The molecule has 1 aromatic rings. The first kappa shape index (κ1) is 9.69. The number of hydrogen-bond acceptors (Lipinski definition) is 2. The molecule has 0 aromatic heterocycles. The lowest BCUT2D eigenvalue weighted by molar-refractivity contribution is 0.569. The van der Waals surface area contributed by atoms with Gasteiger partial charge in [0.25, 0.3) is 0 Å². The molecule has 0 unspecified atom stereocenters. The molecular formula is C12H18N2. The Balaban J connectivity index is 1.80. The molecule has 76 valence electrons. The van der Waals surface area contributed by atoms with Gasteiger partial charge < -0.3 is 11.1 Å². The zero-order valence-electron chi connectivity index (χ0n) is 8.72. The van der Waals surface area contributed by atoms with Gasteiger partial charge in [-0.25, -0.2) is 0 Å². The highest BCUT2D eigenvalue weighted by Gasteiger charge is 2.37. The van der Waals surface area contributed by atoms with E-state index in [1.54, 1.807) is 0 Å². The zero-order chi connectivity index (χ0) is 10.0. The van der Waals surface area contributed by atoms with Gasteiger partial charge in [0.05, 0.1) is 0 Å². The molecule has 0 aliphatic heterocycles. The van der Waals surface area contributed by atoms with E-state index in [9.17, 15) is 0 Å². The normalized spacial score (nSPS) is 18.1. The fourth-order valence-corrected chi connectivity index (χ4v) is 1.62. The van der Waals surface area contributed by atoms with Crippen molar-refractivity contribution in [2.45, 2.75) is 31.8 Å². The highest BCUT2D eigenvalue weighted by Crippen LogP contribution is 2.30. The van der Waals surface area contributed by atoms with Crippen LogP contribution in [0.4, 0.5) is 0 Å². The highest BCUT2D eigenvalue weighted by atomic mass is 15.0. The Bertz CT molecular complexity index is 316. The van der Waals surface area contributed by atoms with Gasteiger partial charge in [0.1, 0.15) is 0 Å². The summed E-state index contributed by atoms with van der Waals surface area (Å²) < 4.78 is 0. The molecule has 2 nitrogen and oxygen atoms in total. The van der Waals surface area contributed by atoms with Crippen LogP contribution in [0, 0.1) is 6.92 Å². The largest absolute Gasteiger partial charge is 0.324 e. The molecule has 0 atom stereocenters. The SMILES string of the molecule is Cc1cccc(CNCC2(N)CC2)c1. The number of aryl methyl sites for hydroxylation is 1. The Kier molecular flexibility index (Phi) is 2.57. The predicted octanol–water partition coefficient (Wildman–Crippen LogP) is 1.58. The molecule has 0 heterocycles. The maximum Gasteiger partial charge on any atom is 0.0282 e. The van der Waals surface area contributed by atoms with Crippen LogP contribution in [0.1, 0.15) is 24.0 Å². The molecule has 2 heteroatoms. The van der Waals surface area contributed by atoms with Crippen LogP contribution in [-0.4, -0.2) is 12.1 Å². The summed E-state index contributed by atoms with van der Waals surface area (Å²) in [5, 5.41) is 3.41. The first-order valence-corrected chi connectivity index (χ1v) is 5.23. The van der Waals surface area contributed by atoms with E-state index in [2.05, 4.69) is 36.5 Å². The van der Waals surface area contributed by atoms with Gasteiger partial charge in [0.15, 0.2) is 0 Å². The summed E-state index contributed by atoms with van der Waals surface area (Å²) in [5.41, 5.74) is 8.75. The molecule has 1 aliphatic rings. The Hall–Kier alpha value is -0.860. The van der Waals surface area contributed by atoms with Gasteiger partial charge in [-0.2, -0.15) is 0 Å². The van der Waals surface area contributed by atoms with E-state index in [0.717, 1.165) is 13.1 Å². The summed E-state index contributed by atoms with van der Waals surface area (Å²) >= 11 is 0. The van der Waals surface area contributed by atoms with Gasteiger partial charge in [0, 0.05) is 18.6 Å². The topological polar surface area (TPSA) is 38.0 Å². The molecule has 1 saturated carbocycles. The monoisotopic (exact) mass is 190 g/mol. The molecular weight excluding hydrogens is 172 g/mol. The molecule has 0 bridgehead atoms. The summed E-state index contributed by atoms with van der Waals surface area (Å²) in [6.07, 6.45) is 2.35. The lowest BCUT2D eigenvalue weighted by atomic mass is 10.1. The first-order valence-electron chi connectivity index (χ1n) is 5.23. The van der Waals surface area contributed by atoms with Crippen LogP contribution in [0.5, 0.6) is 0 Å². The fourth-order valence-electron chi connectivity index (χ4n) is 1.62. The number of nitrogens with one attached hydrogen (secondary N) is 1. The molecule has 0 radical (unpaired) electrons. The van der Waals surface area contributed by atoms with Crippen molar-refractivity contribution in [3.05, 3.63) is 35.4 Å². The number of hydrogen-bond donors (Lipinski definition) is 2. The summed E-state index contributed by atoms with van der Waals surface area (Å²) in [6.45, 7) is 4.00. The van der Waals surface area contributed by atoms with Crippen LogP contribution in [0.25, 0.3) is 0 Å². The molecule has 0 spiro atoms. The molecule has 1 aliphatic carbocycles. The van der Waals surface area contributed by atoms with Crippen molar-refractivity contribution in [1.82, 2.24) is 5.32 Å². The Morgan fingerprint density at radius 1 is 1.43 bits per heavy atom. The second-order valence-electron chi connectivity index (χ2n) is 4.45. The van der Waals surface area contributed by atoms with E-state index in [1.807, 2.05) is 0 Å². The molecule has 14 heavy (non-hydrogen) atoms. The van der Waals surface area contributed by atoms with Crippen molar-refractivity contribution < 1.29 is 0 Å². The molecule has 1 aromatic carbocycles. The fraction of sp³-hybridized carbons (Fsp3) is 0.500. The van der Waals surface area contributed by atoms with E-state index in [4.69, 9.17) is 5.73 Å². The van der Waals surface area contributed by atoms with Crippen LogP contribution in [0.3, 0.4) is 0 Å². The highest BCUT2D eigenvalue weighted by molar-refractivity contribution is 5.22. The van der Waals surface area contributed by atoms with Crippen molar-refractivity contribution >= 4 is 0 Å². The van der Waals surface area contributed by atoms with E-state index < -0.39 is 0 Å². The Morgan fingerprint density at radius 3 is 2.86 bits per heavy atom. The number of nitrogens with two attached hydrogens (primary N) is 1. The van der Waals surface area contributed by atoms with Gasteiger partial charge >= 0.3 is 0 Å². The quantitative estimate of drug-likeness (QED) is 0.756. The summed E-state index contributed by atoms with van der Waals surface area (Å²) in [4.78, 5) is 0. The van der Waals surface area contributed by atoms with Crippen LogP contribution in [-0.2, 0) is 6.54 Å². The minimum absolute atomic E-state index is 0.115. The molecule has 2 rings (SSSR count). The van der Waals surface area contributed by atoms with Crippen LogP contribution >= 0.6 is 0 Å². The molecule has 0 amide bonds. The maximum absolute atomic E-state index is 5.98. The Labute approximate surface area is 85.5 Å². The lowest BCUT2D eigenvalue weighted by Crippen LogP contribution is -2.35. The third-order valence-corrected chi connectivity index (χ3v) is 2.78. The van der Waals surface area contributed by atoms with Crippen LogP contribution < -0.4 is 11.1 Å². The third-order valence-electron chi connectivity index (χ3n) is 2.78. The van der Waals surface area contributed by atoms with E-state index in [0.29, 0.717) is 0 Å². The molecule has 3 N–H and O–H groups in total. The summed E-state index contributed by atoms with van der Waals surface area (Å²) in [7, 11) is 0. The van der Waals surface area contributed by atoms with Crippen molar-refractivity contribution in [1.29, 1.82) is 0 Å². The van der Waals surface area contributed by atoms with Crippen molar-refractivity contribution in [3.8, 4) is 0 Å². The van der Waals surface area contributed by atoms with E-state index >= 15 is 0 Å². The van der Waals surface area contributed by atoms with Crippen molar-refractivity contribution in [2.24, 2.45) is 5.73 Å². The standard InChI is InChI=1S/C12H18N2/c1-10-3-2-4-11(7-10)8-14-9-12(13)5-6-12/h2-4,7,14H,5-6,8-9,13H2,1H3. The summed E-state index contributed by atoms with van der Waals surface area (Å²) in [6, 6.07) is 8.58. The minimum Gasteiger partial charge on any atom is -0.324 e. The van der Waals surface area contributed by atoms with Gasteiger partial charge in [-0.05, 0) is 25.3 Å². The van der Waals surface area contributed by atoms with Gasteiger partial charge in [-0.3, -0.25) is 0 Å². The second-order valence-corrected chi connectivity index (χ2v) is 4.45. The Morgan fingerprint density at radius 2 is 2.21 bits per heavy atom.